The lowest BCUT2D eigenvalue weighted by Gasteiger charge is -2.55. The van der Waals surface area contributed by atoms with Gasteiger partial charge >= 0.3 is 5.97 Å². The van der Waals surface area contributed by atoms with Gasteiger partial charge in [-0.1, -0.05) is 0 Å². The van der Waals surface area contributed by atoms with Crippen LogP contribution in [-0.2, 0) is 9.53 Å². The van der Waals surface area contributed by atoms with Crippen molar-refractivity contribution in [1.82, 2.24) is 0 Å². The molecule has 4 rings (SSSR count). The monoisotopic (exact) mass is 237 g/mol. The predicted octanol–water partition coefficient (Wildman–Crippen LogP) is 1.95. The van der Waals surface area contributed by atoms with Gasteiger partial charge in [0.1, 0.15) is 6.04 Å². The van der Waals surface area contributed by atoms with Gasteiger partial charge in [-0.3, -0.25) is 4.79 Å². The molecule has 2 N–H and O–H groups in total. The Morgan fingerprint density at radius 3 is 2.18 bits per heavy atom. The maximum atomic E-state index is 11.8. The van der Waals surface area contributed by atoms with E-state index in [1.165, 1.54) is 32.1 Å². The van der Waals surface area contributed by atoms with Crippen molar-refractivity contribution in [1.29, 1.82) is 0 Å². The first kappa shape index (κ1) is 11.5. The van der Waals surface area contributed by atoms with Gasteiger partial charge in [0.25, 0.3) is 0 Å². The molecule has 0 radical (unpaired) electrons. The first-order valence-corrected chi connectivity index (χ1v) is 7.11. The van der Waals surface area contributed by atoms with Gasteiger partial charge in [-0.15, -0.1) is 0 Å². The van der Waals surface area contributed by atoms with Crippen LogP contribution >= 0.6 is 0 Å². The summed E-state index contributed by atoms with van der Waals surface area (Å²) < 4.78 is 5.10. The van der Waals surface area contributed by atoms with Gasteiger partial charge in [-0.05, 0) is 68.6 Å². The van der Waals surface area contributed by atoms with Crippen LogP contribution in [0.2, 0.25) is 0 Å². The van der Waals surface area contributed by atoms with Crippen LogP contribution in [0.15, 0.2) is 0 Å². The normalized spacial score (nSPS) is 44.7. The highest BCUT2D eigenvalue weighted by atomic mass is 16.5. The minimum Gasteiger partial charge on any atom is -0.465 e. The number of ether oxygens (including phenoxy) is 1. The highest BCUT2D eigenvalue weighted by Gasteiger charge is 2.51. The molecular weight excluding hydrogens is 214 g/mol. The maximum absolute atomic E-state index is 11.8. The average molecular weight is 237 g/mol. The van der Waals surface area contributed by atoms with E-state index in [1.807, 2.05) is 6.92 Å². The quantitative estimate of drug-likeness (QED) is 0.763. The first-order chi connectivity index (χ1) is 8.19. The van der Waals surface area contributed by atoms with Gasteiger partial charge in [0.2, 0.25) is 0 Å². The number of esters is 1. The first-order valence-electron chi connectivity index (χ1n) is 7.11. The standard InChI is InChI=1S/C14H23NO2/c1-2-17-14(16)13(15)12-10-4-8-3-9(6-10)7-11(12)5-8/h8-13H,2-7,15H2,1H3. The Kier molecular flexibility index (Phi) is 2.89. The Hall–Kier alpha value is -0.570. The molecule has 0 aromatic heterocycles. The third-order valence-electron chi connectivity index (χ3n) is 5.27. The topological polar surface area (TPSA) is 52.3 Å². The van der Waals surface area contributed by atoms with E-state index in [0.717, 1.165) is 11.8 Å². The Morgan fingerprint density at radius 1 is 1.18 bits per heavy atom. The molecule has 0 aromatic carbocycles. The maximum Gasteiger partial charge on any atom is 0.323 e. The Balaban J connectivity index is 1.73. The zero-order valence-electron chi connectivity index (χ0n) is 10.6. The molecule has 17 heavy (non-hydrogen) atoms. The van der Waals surface area contributed by atoms with E-state index in [-0.39, 0.29) is 12.0 Å². The molecule has 4 bridgehead atoms. The van der Waals surface area contributed by atoms with Crippen molar-refractivity contribution in [3.63, 3.8) is 0 Å². The summed E-state index contributed by atoms with van der Waals surface area (Å²) in [6, 6.07) is -0.370. The number of carbonyl (C=O) groups is 1. The van der Waals surface area contributed by atoms with Gasteiger partial charge in [-0.25, -0.2) is 0 Å². The third-order valence-corrected chi connectivity index (χ3v) is 5.27. The second-order valence-corrected chi connectivity index (χ2v) is 6.29. The highest BCUT2D eigenvalue weighted by molar-refractivity contribution is 5.76. The lowest BCUT2D eigenvalue weighted by molar-refractivity contribution is -0.151. The third kappa shape index (κ3) is 1.88. The number of nitrogens with two attached hydrogens (primary N) is 1. The molecular formula is C14H23NO2. The molecule has 3 heteroatoms. The molecule has 0 heterocycles. The molecule has 0 amide bonds. The average Bonchev–Trinajstić information content (AvgIpc) is 2.27. The second kappa shape index (κ2) is 4.27. The van der Waals surface area contributed by atoms with Crippen LogP contribution in [0.25, 0.3) is 0 Å². The van der Waals surface area contributed by atoms with Crippen LogP contribution in [0.3, 0.4) is 0 Å². The molecule has 4 aliphatic rings. The van der Waals surface area contributed by atoms with E-state index in [4.69, 9.17) is 10.5 Å². The largest absolute Gasteiger partial charge is 0.465 e. The minimum absolute atomic E-state index is 0.176. The van der Waals surface area contributed by atoms with Crippen molar-refractivity contribution in [2.45, 2.75) is 45.1 Å². The Morgan fingerprint density at radius 2 is 1.71 bits per heavy atom. The van der Waals surface area contributed by atoms with Gasteiger partial charge in [0.05, 0.1) is 6.61 Å². The zero-order chi connectivity index (χ0) is 12.0. The van der Waals surface area contributed by atoms with Crippen LogP contribution in [0.4, 0.5) is 0 Å². The second-order valence-electron chi connectivity index (χ2n) is 6.29. The fourth-order valence-corrected chi connectivity index (χ4v) is 4.95. The molecule has 0 spiro atoms. The minimum atomic E-state index is -0.370. The number of rotatable bonds is 3. The van der Waals surface area contributed by atoms with Crippen molar-refractivity contribution in [3.8, 4) is 0 Å². The Labute approximate surface area is 103 Å². The molecule has 0 saturated heterocycles. The van der Waals surface area contributed by atoms with Crippen LogP contribution in [0, 0.1) is 29.6 Å². The van der Waals surface area contributed by atoms with Gasteiger partial charge in [-0.2, -0.15) is 0 Å². The SMILES string of the molecule is CCOC(=O)C(N)C1C2CC3CC(C2)CC1C3. The summed E-state index contributed by atoms with van der Waals surface area (Å²) >= 11 is 0. The smallest absolute Gasteiger partial charge is 0.323 e. The van der Waals surface area contributed by atoms with Crippen molar-refractivity contribution in [2.75, 3.05) is 6.61 Å². The van der Waals surface area contributed by atoms with E-state index < -0.39 is 0 Å². The summed E-state index contributed by atoms with van der Waals surface area (Å²) in [5, 5.41) is 0. The molecule has 1 atom stereocenters. The van der Waals surface area contributed by atoms with E-state index in [1.54, 1.807) is 0 Å². The Bertz CT molecular complexity index is 287. The van der Waals surface area contributed by atoms with Crippen molar-refractivity contribution in [3.05, 3.63) is 0 Å². The summed E-state index contributed by atoms with van der Waals surface area (Å²) in [4.78, 5) is 11.8. The molecule has 96 valence electrons. The lowest BCUT2D eigenvalue weighted by atomic mass is 9.50. The van der Waals surface area contributed by atoms with Crippen molar-refractivity contribution < 1.29 is 9.53 Å². The number of carbonyl (C=O) groups excluding carboxylic acids is 1. The zero-order valence-corrected chi connectivity index (χ0v) is 10.6. The summed E-state index contributed by atoms with van der Waals surface area (Å²) in [7, 11) is 0. The molecule has 4 aliphatic carbocycles. The number of hydrogen-bond acceptors (Lipinski definition) is 3. The summed E-state index contributed by atoms with van der Waals surface area (Å²) in [6.07, 6.45) is 6.68. The summed E-state index contributed by atoms with van der Waals surface area (Å²) in [6.45, 7) is 2.29. The van der Waals surface area contributed by atoms with Crippen molar-refractivity contribution >= 4 is 5.97 Å². The highest BCUT2D eigenvalue weighted by Crippen LogP contribution is 2.57. The number of hydrogen-bond donors (Lipinski definition) is 1. The van der Waals surface area contributed by atoms with E-state index in [2.05, 4.69) is 0 Å². The van der Waals surface area contributed by atoms with Crippen molar-refractivity contribution in [2.24, 2.45) is 35.3 Å². The van der Waals surface area contributed by atoms with Gasteiger partial charge < -0.3 is 10.5 Å². The van der Waals surface area contributed by atoms with Crippen LogP contribution in [0.5, 0.6) is 0 Å². The lowest BCUT2D eigenvalue weighted by Crippen LogP contribution is -2.54. The van der Waals surface area contributed by atoms with Gasteiger partial charge in [0.15, 0.2) is 0 Å². The van der Waals surface area contributed by atoms with Crippen LogP contribution < -0.4 is 5.73 Å². The summed E-state index contributed by atoms with van der Waals surface area (Å²) in [5.74, 6) is 3.49. The van der Waals surface area contributed by atoms with E-state index >= 15 is 0 Å². The molecule has 4 saturated carbocycles. The molecule has 0 aliphatic heterocycles. The molecule has 0 aromatic rings. The predicted molar refractivity (Wildman–Crippen MR) is 65.1 cm³/mol. The van der Waals surface area contributed by atoms with E-state index in [9.17, 15) is 4.79 Å². The molecule has 1 unspecified atom stereocenters. The van der Waals surface area contributed by atoms with Gasteiger partial charge in [0, 0.05) is 0 Å². The van der Waals surface area contributed by atoms with Crippen LogP contribution in [-0.4, -0.2) is 18.6 Å². The molecule has 3 nitrogen and oxygen atoms in total. The molecule has 4 fully saturated rings. The fraction of sp³-hybridized carbons (Fsp3) is 0.929. The van der Waals surface area contributed by atoms with E-state index in [0.29, 0.717) is 24.4 Å². The van der Waals surface area contributed by atoms with Crippen LogP contribution in [0.1, 0.15) is 39.0 Å². The fourth-order valence-electron chi connectivity index (χ4n) is 4.95. The summed E-state index contributed by atoms with van der Waals surface area (Å²) in [5.41, 5.74) is 6.15.